The van der Waals surface area contributed by atoms with E-state index in [9.17, 15) is 18.0 Å². The summed E-state index contributed by atoms with van der Waals surface area (Å²) in [6, 6.07) is 1.39. The van der Waals surface area contributed by atoms with Gasteiger partial charge in [-0.1, -0.05) is 12.7 Å². The molecule has 0 aliphatic rings. The average molecular weight is 247 g/mol. The van der Waals surface area contributed by atoms with Crippen LogP contribution in [0.25, 0.3) is 0 Å². The molecular weight excluding hydrogens is 239 g/mol. The van der Waals surface area contributed by atoms with Gasteiger partial charge in [-0.3, -0.25) is 0 Å². The summed E-state index contributed by atoms with van der Waals surface area (Å²) in [4.78, 5) is 13.8. The summed E-state index contributed by atoms with van der Waals surface area (Å²) < 4.78 is 41.8. The molecule has 0 aliphatic carbocycles. The standard InChI is InChI=1S/C10H8F3NO3/c1-2-5-17-8-6(9(15)16)3-4-7(14-8)10(11,12)13/h2-4H,1,5H2,(H,15,16). The number of alkyl halides is 3. The number of halogens is 3. The van der Waals surface area contributed by atoms with Crippen LogP contribution in [0.5, 0.6) is 5.88 Å². The van der Waals surface area contributed by atoms with Crippen LogP contribution >= 0.6 is 0 Å². The maximum atomic E-state index is 12.3. The van der Waals surface area contributed by atoms with E-state index in [1.165, 1.54) is 6.08 Å². The molecule has 4 nitrogen and oxygen atoms in total. The molecule has 0 bridgehead atoms. The van der Waals surface area contributed by atoms with Crippen LogP contribution in [0, 0.1) is 0 Å². The van der Waals surface area contributed by atoms with Crippen LogP contribution < -0.4 is 4.74 Å². The number of nitrogens with zero attached hydrogens (tertiary/aromatic N) is 1. The Kier molecular flexibility index (Phi) is 3.72. The van der Waals surface area contributed by atoms with Gasteiger partial charge in [0.1, 0.15) is 17.9 Å². The first-order valence-corrected chi connectivity index (χ1v) is 4.41. The summed E-state index contributed by atoms with van der Waals surface area (Å²) in [5.41, 5.74) is -1.64. The van der Waals surface area contributed by atoms with Crippen molar-refractivity contribution in [3.8, 4) is 5.88 Å². The van der Waals surface area contributed by atoms with Gasteiger partial charge in [0.15, 0.2) is 0 Å². The molecule has 7 heteroatoms. The first-order chi connectivity index (χ1) is 7.86. The molecule has 1 aromatic rings. The molecule has 0 unspecified atom stereocenters. The molecule has 0 saturated carbocycles. The maximum Gasteiger partial charge on any atom is 0.433 e. The van der Waals surface area contributed by atoms with E-state index < -0.39 is 29.3 Å². The van der Waals surface area contributed by atoms with E-state index in [1.54, 1.807) is 0 Å². The number of rotatable bonds is 4. The largest absolute Gasteiger partial charge is 0.477 e. The molecule has 1 heterocycles. The average Bonchev–Trinajstić information content (AvgIpc) is 2.24. The van der Waals surface area contributed by atoms with Crippen LogP contribution in [-0.2, 0) is 6.18 Å². The zero-order chi connectivity index (χ0) is 13.1. The summed E-state index contributed by atoms with van der Waals surface area (Å²) in [5.74, 6) is -1.99. The highest BCUT2D eigenvalue weighted by Crippen LogP contribution is 2.30. The van der Waals surface area contributed by atoms with Gasteiger partial charge in [-0.05, 0) is 12.1 Å². The second-order valence-corrected chi connectivity index (χ2v) is 2.95. The molecule has 0 aliphatic heterocycles. The van der Waals surface area contributed by atoms with Gasteiger partial charge in [-0.15, -0.1) is 0 Å². The number of carboxylic acids is 1. The molecule has 0 fully saturated rings. The number of carboxylic acid groups (broad SMARTS) is 1. The number of hydrogen-bond donors (Lipinski definition) is 1. The van der Waals surface area contributed by atoms with Gasteiger partial charge in [-0.25, -0.2) is 9.78 Å². The summed E-state index contributed by atoms with van der Waals surface area (Å²) in [6.45, 7) is 3.17. The minimum absolute atomic E-state index is 0.130. The molecule has 92 valence electrons. The minimum Gasteiger partial charge on any atom is -0.477 e. The first-order valence-electron chi connectivity index (χ1n) is 4.41. The van der Waals surface area contributed by atoms with E-state index in [0.717, 1.165) is 6.07 Å². The zero-order valence-corrected chi connectivity index (χ0v) is 8.49. The fraction of sp³-hybridized carbons (Fsp3) is 0.200. The number of hydrogen-bond acceptors (Lipinski definition) is 3. The lowest BCUT2D eigenvalue weighted by Crippen LogP contribution is -2.12. The van der Waals surface area contributed by atoms with Crippen molar-refractivity contribution in [2.45, 2.75) is 6.18 Å². The van der Waals surface area contributed by atoms with Crippen molar-refractivity contribution in [2.75, 3.05) is 6.61 Å². The van der Waals surface area contributed by atoms with Gasteiger partial charge < -0.3 is 9.84 Å². The maximum absolute atomic E-state index is 12.3. The molecule has 0 saturated heterocycles. The fourth-order valence-electron chi connectivity index (χ4n) is 1.01. The smallest absolute Gasteiger partial charge is 0.433 e. The molecule has 0 atom stereocenters. The number of aromatic carboxylic acids is 1. The molecule has 0 spiro atoms. The Balaban J connectivity index is 3.19. The second kappa shape index (κ2) is 4.86. The lowest BCUT2D eigenvalue weighted by Gasteiger charge is -2.10. The van der Waals surface area contributed by atoms with E-state index in [-0.39, 0.29) is 6.61 Å². The molecular formula is C10H8F3NO3. The number of pyridine rings is 1. The van der Waals surface area contributed by atoms with Gasteiger partial charge in [0.05, 0.1) is 0 Å². The van der Waals surface area contributed by atoms with Crippen LogP contribution in [0.15, 0.2) is 24.8 Å². The molecule has 0 amide bonds. The van der Waals surface area contributed by atoms with Gasteiger partial charge >= 0.3 is 12.1 Å². The third kappa shape index (κ3) is 3.20. The van der Waals surface area contributed by atoms with Crippen LogP contribution in [0.1, 0.15) is 16.1 Å². The van der Waals surface area contributed by atoms with Crippen molar-refractivity contribution < 1.29 is 27.8 Å². The van der Waals surface area contributed by atoms with Crippen molar-refractivity contribution in [1.82, 2.24) is 4.98 Å². The zero-order valence-electron chi connectivity index (χ0n) is 8.49. The van der Waals surface area contributed by atoms with Crippen LogP contribution in [0.2, 0.25) is 0 Å². The topological polar surface area (TPSA) is 59.4 Å². The minimum atomic E-state index is -4.65. The molecule has 1 aromatic heterocycles. The normalized spacial score (nSPS) is 11.0. The second-order valence-electron chi connectivity index (χ2n) is 2.95. The molecule has 1 rings (SSSR count). The van der Waals surface area contributed by atoms with Crippen molar-refractivity contribution >= 4 is 5.97 Å². The molecule has 0 aromatic carbocycles. The van der Waals surface area contributed by atoms with Crippen molar-refractivity contribution in [3.63, 3.8) is 0 Å². The van der Waals surface area contributed by atoms with E-state index in [4.69, 9.17) is 9.84 Å². The Hall–Kier alpha value is -2.05. The Morgan fingerprint density at radius 2 is 2.18 bits per heavy atom. The van der Waals surface area contributed by atoms with Crippen LogP contribution in [0.4, 0.5) is 13.2 Å². The summed E-state index contributed by atoms with van der Waals surface area (Å²) in [6.07, 6.45) is -3.38. The van der Waals surface area contributed by atoms with Crippen molar-refractivity contribution in [2.24, 2.45) is 0 Å². The van der Waals surface area contributed by atoms with Crippen LogP contribution in [-0.4, -0.2) is 22.7 Å². The van der Waals surface area contributed by atoms with Gasteiger partial charge in [0.25, 0.3) is 0 Å². The van der Waals surface area contributed by atoms with Crippen molar-refractivity contribution in [1.29, 1.82) is 0 Å². The molecule has 1 N–H and O–H groups in total. The highest BCUT2D eigenvalue weighted by molar-refractivity contribution is 5.90. The fourth-order valence-corrected chi connectivity index (χ4v) is 1.01. The Morgan fingerprint density at radius 3 is 2.65 bits per heavy atom. The van der Waals surface area contributed by atoms with Crippen molar-refractivity contribution in [3.05, 3.63) is 36.0 Å². The van der Waals surface area contributed by atoms with E-state index in [2.05, 4.69) is 11.6 Å². The quantitative estimate of drug-likeness (QED) is 0.830. The summed E-state index contributed by atoms with van der Waals surface area (Å²) >= 11 is 0. The lowest BCUT2D eigenvalue weighted by molar-refractivity contribution is -0.141. The summed E-state index contributed by atoms with van der Waals surface area (Å²) in [7, 11) is 0. The number of ether oxygens (including phenoxy) is 1. The van der Waals surface area contributed by atoms with Gasteiger partial charge in [0.2, 0.25) is 5.88 Å². The highest BCUT2D eigenvalue weighted by Gasteiger charge is 2.33. The first kappa shape index (κ1) is 13.0. The lowest BCUT2D eigenvalue weighted by atomic mass is 10.2. The van der Waals surface area contributed by atoms with E-state index >= 15 is 0 Å². The number of carbonyl (C=O) groups is 1. The predicted octanol–water partition coefficient (Wildman–Crippen LogP) is 2.36. The van der Waals surface area contributed by atoms with Gasteiger partial charge in [0, 0.05) is 0 Å². The van der Waals surface area contributed by atoms with E-state index in [0.29, 0.717) is 6.07 Å². The van der Waals surface area contributed by atoms with E-state index in [1.807, 2.05) is 0 Å². The third-order valence-corrected chi connectivity index (χ3v) is 1.72. The third-order valence-electron chi connectivity index (χ3n) is 1.72. The predicted molar refractivity (Wildman–Crippen MR) is 51.9 cm³/mol. The Labute approximate surface area is 94.4 Å². The molecule has 0 radical (unpaired) electrons. The Morgan fingerprint density at radius 1 is 1.53 bits per heavy atom. The highest BCUT2D eigenvalue weighted by atomic mass is 19.4. The monoisotopic (exact) mass is 247 g/mol. The number of aromatic nitrogens is 1. The summed E-state index contributed by atoms with van der Waals surface area (Å²) in [5, 5.41) is 8.73. The SMILES string of the molecule is C=CCOc1nc(C(F)(F)F)ccc1C(=O)O. The van der Waals surface area contributed by atoms with Gasteiger partial charge in [-0.2, -0.15) is 13.2 Å². The van der Waals surface area contributed by atoms with Crippen LogP contribution in [0.3, 0.4) is 0 Å². The Bertz CT molecular complexity index is 443. The molecule has 17 heavy (non-hydrogen) atoms.